The van der Waals surface area contributed by atoms with Gasteiger partial charge >= 0.3 is 0 Å². The highest BCUT2D eigenvalue weighted by Crippen LogP contribution is 2.35. The number of hydrogen-bond acceptors (Lipinski definition) is 4. The second-order valence-corrected chi connectivity index (χ2v) is 7.26. The zero-order chi connectivity index (χ0) is 19.5. The Labute approximate surface area is 166 Å². The number of amides is 1. The summed E-state index contributed by atoms with van der Waals surface area (Å²) in [5.74, 6) is 2.50. The van der Waals surface area contributed by atoms with Crippen molar-refractivity contribution in [2.75, 3.05) is 26.4 Å². The van der Waals surface area contributed by atoms with E-state index in [-0.39, 0.29) is 11.8 Å². The van der Waals surface area contributed by atoms with E-state index in [0.29, 0.717) is 26.4 Å². The topological polar surface area (TPSA) is 48.0 Å². The predicted octanol–water partition coefficient (Wildman–Crippen LogP) is 3.62. The van der Waals surface area contributed by atoms with Gasteiger partial charge in [-0.3, -0.25) is 4.79 Å². The molecule has 5 heteroatoms. The lowest BCUT2D eigenvalue weighted by Crippen LogP contribution is -2.43. The van der Waals surface area contributed by atoms with E-state index in [1.165, 1.54) is 5.56 Å². The molecule has 0 saturated carbocycles. The Hall–Kier alpha value is -2.69. The van der Waals surface area contributed by atoms with Gasteiger partial charge in [-0.2, -0.15) is 0 Å². The molecular weight excluding hydrogens is 354 g/mol. The van der Waals surface area contributed by atoms with Crippen molar-refractivity contribution in [3.8, 4) is 17.2 Å². The average Bonchev–Trinajstić information content (AvgIpc) is 2.73. The molecule has 0 bridgehead atoms. The van der Waals surface area contributed by atoms with Crippen molar-refractivity contribution in [1.29, 1.82) is 0 Å². The maximum atomic E-state index is 13.1. The SMILES string of the molecule is CCOc1cc2c(cc1OCC)CN(C(=O)[C@H]1COc3ccccc3C1)CC2. The third-order valence-electron chi connectivity index (χ3n) is 5.42. The molecule has 2 aromatic rings. The summed E-state index contributed by atoms with van der Waals surface area (Å²) in [7, 11) is 0. The number of nitrogens with zero attached hydrogens (tertiary/aromatic N) is 1. The Balaban J connectivity index is 1.50. The summed E-state index contributed by atoms with van der Waals surface area (Å²) in [6.45, 7) is 6.91. The number of rotatable bonds is 5. The molecule has 28 heavy (non-hydrogen) atoms. The average molecular weight is 381 g/mol. The predicted molar refractivity (Wildman–Crippen MR) is 107 cm³/mol. The fraction of sp³-hybridized carbons (Fsp3) is 0.435. The zero-order valence-electron chi connectivity index (χ0n) is 16.6. The number of ether oxygens (including phenoxy) is 3. The van der Waals surface area contributed by atoms with E-state index in [1.54, 1.807) is 0 Å². The number of benzene rings is 2. The van der Waals surface area contributed by atoms with Crippen molar-refractivity contribution in [2.45, 2.75) is 33.2 Å². The van der Waals surface area contributed by atoms with Crippen LogP contribution in [0.15, 0.2) is 36.4 Å². The lowest BCUT2D eigenvalue weighted by atomic mass is 9.93. The van der Waals surface area contributed by atoms with Crippen molar-refractivity contribution in [3.63, 3.8) is 0 Å². The minimum Gasteiger partial charge on any atom is -0.492 e. The maximum Gasteiger partial charge on any atom is 0.229 e. The molecule has 4 rings (SSSR count). The Kier molecular flexibility index (Phi) is 5.42. The summed E-state index contributed by atoms with van der Waals surface area (Å²) in [4.78, 5) is 15.1. The van der Waals surface area contributed by atoms with Gasteiger partial charge in [0.1, 0.15) is 12.4 Å². The largest absolute Gasteiger partial charge is 0.492 e. The van der Waals surface area contributed by atoms with E-state index in [2.05, 4.69) is 6.07 Å². The minimum absolute atomic E-state index is 0.120. The van der Waals surface area contributed by atoms with Crippen LogP contribution in [-0.4, -0.2) is 37.2 Å². The van der Waals surface area contributed by atoms with Crippen molar-refractivity contribution < 1.29 is 19.0 Å². The molecule has 0 aliphatic carbocycles. The van der Waals surface area contributed by atoms with E-state index in [4.69, 9.17) is 14.2 Å². The van der Waals surface area contributed by atoms with Gasteiger partial charge in [0.05, 0.1) is 19.1 Å². The fourth-order valence-electron chi connectivity index (χ4n) is 4.03. The van der Waals surface area contributed by atoms with Gasteiger partial charge in [-0.1, -0.05) is 18.2 Å². The van der Waals surface area contributed by atoms with E-state index in [9.17, 15) is 4.79 Å². The molecule has 2 aliphatic heterocycles. The molecule has 2 aromatic carbocycles. The van der Waals surface area contributed by atoms with Crippen LogP contribution in [0.3, 0.4) is 0 Å². The number of hydrogen-bond donors (Lipinski definition) is 0. The van der Waals surface area contributed by atoms with Crippen LogP contribution >= 0.6 is 0 Å². The normalized spacial score (nSPS) is 17.9. The first kappa shape index (κ1) is 18.7. The van der Waals surface area contributed by atoms with Crippen LogP contribution in [0.25, 0.3) is 0 Å². The van der Waals surface area contributed by atoms with Crippen molar-refractivity contribution in [3.05, 3.63) is 53.1 Å². The van der Waals surface area contributed by atoms with Crippen LogP contribution in [-0.2, 0) is 24.2 Å². The highest BCUT2D eigenvalue weighted by molar-refractivity contribution is 5.80. The molecule has 0 unspecified atom stereocenters. The van der Waals surface area contributed by atoms with E-state index in [0.717, 1.165) is 47.8 Å². The Morgan fingerprint density at radius 3 is 2.54 bits per heavy atom. The second kappa shape index (κ2) is 8.13. The van der Waals surface area contributed by atoms with Gasteiger partial charge in [0, 0.05) is 13.1 Å². The van der Waals surface area contributed by atoms with Crippen LogP contribution in [0.2, 0.25) is 0 Å². The van der Waals surface area contributed by atoms with Crippen LogP contribution in [0.4, 0.5) is 0 Å². The Bertz CT molecular complexity index is 864. The summed E-state index contributed by atoms with van der Waals surface area (Å²) in [6.07, 6.45) is 1.57. The van der Waals surface area contributed by atoms with Gasteiger partial charge in [-0.15, -0.1) is 0 Å². The number of para-hydroxylation sites is 1. The maximum absolute atomic E-state index is 13.1. The summed E-state index contributed by atoms with van der Waals surface area (Å²) in [5, 5.41) is 0. The fourth-order valence-corrected chi connectivity index (χ4v) is 4.03. The molecule has 0 fully saturated rings. The first-order chi connectivity index (χ1) is 13.7. The molecule has 1 amide bonds. The minimum atomic E-state index is -0.120. The molecule has 0 N–H and O–H groups in total. The summed E-state index contributed by atoms with van der Waals surface area (Å²) >= 11 is 0. The number of carbonyl (C=O) groups excluding carboxylic acids is 1. The van der Waals surface area contributed by atoms with Crippen molar-refractivity contribution in [2.24, 2.45) is 5.92 Å². The molecular formula is C23H27NO4. The molecule has 0 aromatic heterocycles. The third-order valence-corrected chi connectivity index (χ3v) is 5.42. The molecule has 0 radical (unpaired) electrons. The highest BCUT2D eigenvalue weighted by Gasteiger charge is 2.31. The van der Waals surface area contributed by atoms with Gasteiger partial charge in [-0.25, -0.2) is 0 Å². The third kappa shape index (κ3) is 3.66. The van der Waals surface area contributed by atoms with E-state index in [1.807, 2.05) is 49.1 Å². The van der Waals surface area contributed by atoms with Crippen LogP contribution in [0, 0.1) is 5.92 Å². The molecule has 2 aliphatic rings. The number of fused-ring (bicyclic) bond motifs is 2. The number of carbonyl (C=O) groups is 1. The lowest BCUT2D eigenvalue weighted by Gasteiger charge is -2.34. The zero-order valence-corrected chi connectivity index (χ0v) is 16.6. The highest BCUT2D eigenvalue weighted by atomic mass is 16.5. The second-order valence-electron chi connectivity index (χ2n) is 7.26. The monoisotopic (exact) mass is 381 g/mol. The molecule has 148 valence electrons. The molecule has 1 atom stereocenters. The smallest absolute Gasteiger partial charge is 0.229 e. The molecule has 5 nitrogen and oxygen atoms in total. The quantitative estimate of drug-likeness (QED) is 0.794. The van der Waals surface area contributed by atoms with Crippen LogP contribution < -0.4 is 14.2 Å². The molecule has 2 heterocycles. The first-order valence-electron chi connectivity index (χ1n) is 10.1. The van der Waals surface area contributed by atoms with Crippen molar-refractivity contribution in [1.82, 2.24) is 4.90 Å². The van der Waals surface area contributed by atoms with E-state index >= 15 is 0 Å². The lowest BCUT2D eigenvalue weighted by molar-refractivity contribution is -0.137. The van der Waals surface area contributed by atoms with Crippen LogP contribution in [0.5, 0.6) is 17.2 Å². The summed E-state index contributed by atoms with van der Waals surface area (Å²) in [6, 6.07) is 12.1. The first-order valence-corrected chi connectivity index (χ1v) is 10.1. The van der Waals surface area contributed by atoms with Gasteiger partial charge in [0.15, 0.2) is 11.5 Å². The van der Waals surface area contributed by atoms with Crippen molar-refractivity contribution >= 4 is 5.91 Å². The molecule has 0 saturated heterocycles. The summed E-state index contributed by atoms with van der Waals surface area (Å²) in [5.41, 5.74) is 3.49. The van der Waals surface area contributed by atoms with Gasteiger partial charge in [0.2, 0.25) is 5.91 Å². The van der Waals surface area contributed by atoms with E-state index < -0.39 is 0 Å². The van der Waals surface area contributed by atoms with Gasteiger partial charge in [-0.05, 0) is 61.6 Å². The Morgan fingerprint density at radius 2 is 1.79 bits per heavy atom. The molecule has 0 spiro atoms. The summed E-state index contributed by atoms with van der Waals surface area (Å²) < 4.78 is 17.3. The standard InChI is InChI=1S/C23H27NO4/c1-3-26-21-12-16-9-10-24(14-18(16)13-22(21)27-4-2)23(25)19-11-17-7-5-6-8-20(17)28-15-19/h5-8,12-13,19H,3-4,9-11,14-15H2,1-2H3/t19-/m1/s1. The van der Waals surface area contributed by atoms with Gasteiger partial charge < -0.3 is 19.1 Å². The van der Waals surface area contributed by atoms with Gasteiger partial charge in [0.25, 0.3) is 0 Å². The Morgan fingerprint density at radius 1 is 1.07 bits per heavy atom. The van der Waals surface area contributed by atoms with Crippen LogP contribution in [0.1, 0.15) is 30.5 Å².